The van der Waals surface area contributed by atoms with Crippen LogP contribution in [0.5, 0.6) is 0 Å². The first-order valence-corrected chi connectivity index (χ1v) is 6.62. The highest BCUT2D eigenvalue weighted by atomic mass is 35.5. The molecule has 104 valence electrons. The summed E-state index contributed by atoms with van der Waals surface area (Å²) >= 11 is 5.60. The molecule has 5 heteroatoms. The Bertz CT molecular complexity index is 835. The maximum absolute atomic E-state index is 13.3. The van der Waals surface area contributed by atoms with Crippen LogP contribution < -0.4 is 5.32 Å². The summed E-state index contributed by atoms with van der Waals surface area (Å²) in [4.78, 5) is 16.4. The minimum absolute atomic E-state index is 0.0166. The number of hydrogen-bond acceptors (Lipinski definition) is 2. The molecule has 0 aliphatic heterocycles. The van der Waals surface area contributed by atoms with E-state index in [0.717, 1.165) is 10.9 Å². The summed E-state index contributed by atoms with van der Waals surface area (Å²) in [5.41, 5.74) is 1.53. The van der Waals surface area contributed by atoms with Gasteiger partial charge in [0.25, 0.3) is 5.91 Å². The molecule has 0 bridgehead atoms. The topological polar surface area (TPSA) is 42.0 Å². The van der Waals surface area contributed by atoms with E-state index in [1.807, 2.05) is 18.2 Å². The number of anilines is 1. The smallest absolute Gasteiger partial charge is 0.255 e. The largest absolute Gasteiger partial charge is 0.322 e. The van der Waals surface area contributed by atoms with Crippen LogP contribution in [0.4, 0.5) is 10.1 Å². The molecular weight excluding hydrogens is 291 g/mol. The van der Waals surface area contributed by atoms with E-state index in [9.17, 15) is 9.18 Å². The van der Waals surface area contributed by atoms with Crippen molar-refractivity contribution in [1.29, 1.82) is 0 Å². The summed E-state index contributed by atoms with van der Waals surface area (Å²) in [6, 6.07) is 13.1. The van der Waals surface area contributed by atoms with Crippen LogP contribution in [0.3, 0.4) is 0 Å². The molecule has 2 aromatic carbocycles. The summed E-state index contributed by atoms with van der Waals surface area (Å²) in [6.45, 7) is 0. The van der Waals surface area contributed by atoms with Crippen molar-refractivity contribution < 1.29 is 9.18 Å². The zero-order valence-corrected chi connectivity index (χ0v) is 11.6. The van der Waals surface area contributed by atoms with E-state index in [0.29, 0.717) is 11.3 Å². The van der Waals surface area contributed by atoms with Crippen LogP contribution in [0.2, 0.25) is 5.02 Å². The number of benzene rings is 2. The second kappa shape index (κ2) is 5.50. The molecule has 0 aliphatic carbocycles. The normalized spacial score (nSPS) is 10.6. The molecule has 1 heterocycles. The maximum atomic E-state index is 13.3. The van der Waals surface area contributed by atoms with Gasteiger partial charge in [0.2, 0.25) is 0 Å². The van der Waals surface area contributed by atoms with Crippen molar-refractivity contribution in [1.82, 2.24) is 4.98 Å². The van der Waals surface area contributed by atoms with Gasteiger partial charge in [-0.1, -0.05) is 23.7 Å². The molecule has 0 fully saturated rings. The van der Waals surface area contributed by atoms with Crippen molar-refractivity contribution in [2.75, 3.05) is 5.32 Å². The molecule has 3 aromatic rings. The lowest BCUT2D eigenvalue weighted by Gasteiger charge is -2.06. The van der Waals surface area contributed by atoms with Gasteiger partial charge in [-0.3, -0.25) is 9.78 Å². The molecule has 0 saturated carbocycles. The lowest BCUT2D eigenvalue weighted by Crippen LogP contribution is -2.12. The highest BCUT2D eigenvalue weighted by molar-refractivity contribution is 6.30. The van der Waals surface area contributed by atoms with Gasteiger partial charge in [0, 0.05) is 22.8 Å². The quantitative estimate of drug-likeness (QED) is 0.767. The van der Waals surface area contributed by atoms with Crippen LogP contribution in [0.25, 0.3) is 10.9 Å². The molecule has 0 spiro atoms. The number of pyridine rings is 1. The minimum atomic E-state index is -0.574. The Morgan fingerprint density at radius 2 is 2.00 bits per heavy atom. The molecule has 1 N–H and O–H groups in total. The number of carbonyl (C=O) groups is 1. The van der Waals surface area contributed by atoms with Crippen molar-refractivity contribution in [3.8, 4) is 0 Å². The molecule has 1 amide bonds. The lowest BCUT2D eigenvalue weighted by molar-refractivity contribution is 0.102. The average Bonchev–Trinajstić information content (AvgIpc) is 2.50. The minimum Gasteiger partial charge on any atom is -0.322 e. The lowest BCUT2D eigenvalue weighted by atomic mass is 10.1. The van der Waals surface area contributed by atoms with Crippen LogP contribution in [0.15, 0.2) is 54.7 Å². The standard InChI is InChI=1S/C16H10ClFN2O/c17-13-6-5-12(9-14(13)18)20-16(21)11-4-3-10-2-1-7-19-15(10)8-11/h1-9H,(H,20,21). The first-order chi connectivity index (χ1) is 10.1. The molecule has 3 nitrogen and oxygen atoms in total. The van der Waals surface area contributed by atoms with E-state index >= 15 is 0 Å². The van der Waals surface area contributed by atoms with Gasteiger partial charge < -0.3 is 5.32 Å². The van der Waals surface area contributed by atoms with E-state index in [1.165, 1.54) is 12.1 Å². The van der Waals surface area contributed by atoms with Crippen LogP contribution in [-0.2, 0) is 0 Å². The third-order valence-corrected chi connectivity index (χ3v) is 3.35. The first-order valence-electron chi connectivity index (χ1n) is 6.25. The van der Waals surface area contributed by atoms with Crippen LogP contribution in [-0.4, -0.2) is 10.9 Å². The molecule has 0 radical (unpaired) electrons. The SMILES string of the molecule is O=C(Nc1ccc(Cl)c(F)c1)c1ccc2cccnc2c1. The van der Waals surface area contributed by atoms with Crippen LogP contribution in [0, 0.1) is 5.82 Å². The van der Waals surface area contributed by atoms with Crippen LogP contribution >= 0.6 is 11.6 Å². The average molecular weight is 301 g/mol. The third-order valence-electron chi connectivity index (χ3n) is 3.05. The molecule has 0 unspecified atom stereocenters. The predicted molar refractivity (Wildman–Crippen MR) is 81.1 cm³/mol. The number of fused-ring (bicyclic) bond motifs is 1. The van der Waals surface area contributed by atoms with Gasteiger partial charge in [-0.05, 0) is 36.4 Å². The fourth-order valence-corrected chi connectivity index (χ4v) is 2.10. The summed E-state index contributed by atoms with van der Waals surface area (Å²) in [7, 11) is 0. The van der Waals surface area contributed by atoms with Gasteiger partial charge in [0.05, 0.1) is 10.5 Å². The summed E-state index contributed by atoms with van der Waals surface area (Å²) in [5.74, 6) is -0.904. The van der Waals surface area contributed by atoms with Gasteiger partial charge in [-0.15, -0.1) is 0 Å². The summed E-state index contributed by atoms with van der Waals surface area (Å²) in [5, 5.41) is 3.59. The highest BCUT2D eigenvalue weighted by Crippen LogP contribution is 2.20. The van der Waals surface area contributed by atoms with E-state index in [4.69, 9.17) is 11.6 Å². The van der Waals surface area contributed by atoms with Crippen molar-refractivity contribution in [3.63, 3.8) is 0 Å². The molecule has 0 atom stereocenters. The fourth-order valence-electron chi connectivity index (χ4n) is 1.98. The van der Waals surface area contributed by atoms with Crippen molar-refractivity contribution in [2.45, 2.75) is 0 Å². The van der Waals surface area contributed by atoms with Gasteiger partial charge in [0.1, 0.15) is 5.82 Å². The molecule has 0 aliphatic rings. The first kappa shape index (κ1) is 13.5. The van der Waals surface area contributed by atoms with Gasteiger partial charge >= 0.3 is 0 Å². The van der Waals surface area contributed by atoms with E-state index < -0.39 is 5.82 Å². The zero-order valence-electron chi connectivity index (χ0n) is 10.8. The molecule has 3 rings (SSSR count). The number of aromatic nitrogens is 1. The Morgan fingerprint density at radius 3 is 2.81 bits per heavy atom. The van der Waals surface area contributed by atoms with Gasteiger partial charge in [-0.2, -0.15) is 0 Å². The second-order valence-electron chi connectivity index (χ2n) is 4.49. The molecule has 21 heavy (non-hydrogen) atoms. The number of rotatable bonds is 2. The van der Waals surface area contributed by atoms with E-state index in [2.05, 4.69) is 10.3 Å². The Kier molecular flexibility index (Phi) is 3.54. The third kappa shape index (κ3) is 2.85. The van der Waals surface area contributed by atoms with Crippen molar-refractivity contribution >= 4 is 34.1 Å². The Labute approximate surface area is 125 Å². The Hall–Kier alpha value is -2.46. The number of nitrogens with zero attached hydrogens (tertiary/aromatic N) is 1. The molecule has 0 saturated heterocycles. The zero-order chi connectivity index (χ0) is 14.8. The molecular formula is C16H10ClFN2O. The predicted octanol–water partition coefficient (Wildman–Crippen LogP) is 4.28. The van der Waals surface area contributed by atoms with Crippen molar-refractivity contribution in [2.24, 2.45) is 0 Å². The maximum Gasteiger partial charge on any atom is 0.255 e. The summed E-state index contributed by atoms with van der Waals surface area (Å²) in [6.07, 6.45) is 1.67. The summed E-state index contributed by atoms with van der Waals surface area (Å²) < 4.78 is 13.3. The van der Waals surface area contributed by atoms with E-state index in [1.54, 1.807) is 24.4 Å². The Balaban J connectivity index is 1.87. The Morgan fingerprint density at radius 1 is 1.14 bits per heavy atom. The number of nitrogens with one attached hydrogen (secondary N) is 1. The van der Waals surface area contributed by atoms with Crippen LogP contribution in [0.1, 0.15) is 10.4 Å². The number of amides is 1. The second-order valence-corrected chi connectivity index (χ2v) is 4.90. The monoisotopic (exact) mass is 300 g/mol. The highest BCUT2D eigenvalue weighted by Gasteiger charge is 2.09. The molecule has 1 aromatic heterocycles. The number of hydrogen-bond donors (Lipinski definition) is 1. The number of carbonyl (C=O) groups excluding carboxylic acids is 1. The van der Waals surface area contributed by atoms with Gasteiger partial charge in [-0.25, -0.2) is 4.39 Å². The fraction of sp³-hybridized carbons (Fsp3) is 0. The van der Waals surface area contributed by atoms with E-state index in [-0.39, 0.29) is 10.9 Å². The number of halogens is 2. The van der Waals surface area contributed by atoms with Crippen molar-refractivity contribution in [3.05, 3.63) is 71.1 Å². The van der Waals surface area contributed by atoms with Gasteiger partial charge in [0.15, 0.2) is 0 Å².